The van der Waals surface area contributed by atoms with Gasteiger partial charge in [0.2, 0.25) is 0 Å². The van der Waals surface area contributed by atoms with Gasteiger partial charge >= 0.3 is 0 Å². The SMILES string of the molecule is CCCCOC(CI)c1cccc(OC)c1. The van der Waals surface area contributed by atoms with Gasteiger partial charge in [0.1, 0.15) is 5.75 Å². The summed E-state index contributed by atoms with van der Waals surface area (Å²) in [5.41, 5.74) is 1.20. The van der Waals surface area contributed by atoms with Crippen molar-refractivity contribution in [1.29, 1.82) is 0 Å². The van der Waals surface area contributed by atoms with E-state index in [1.165, 1.54) is 12.0 Å². The summed E-state index contributed by atoms with van der Waals surface area (Å²) in [7, 11) is 1.69. The summed E-state index contributed by atoms with van der Waals surface area (Å²) in [5, 5.41) is 0. The number of alkyl halides is 1. The van der Waals surface area contributed by atoms with Gasteiger partial charge in [-0.2, -0.15) is 0 Å². The van der Waals surface area contributed by atoms with Crippen LogP contribution in [0.5, 0.6) is 5.75 Å². The van der Waals surface area contributed by atoms with E-state index in [4.69, 9.17) is 9.47 Å². The molecule has 1 atom stereocenters. The second-order valence-corrected chi connectivity index (χ2v) is 4.52. The Morgan fingerprint density at radius 1 is 1.38 bits per heavy atom. The van der Waals surface area contributed by atoms with Crippen LogP contribution in [0.3, 0.4) is 0 Å². The molecule has 0 aliphatic rings. The zero-order valence-corrected chi connectivity index (χ0v) is 12.1. The molecule has 0 fully saturated rings. The third-order valence-electron chi connectivity index (χ3n) is 2.42. The second kappa shape index (κ2) is 7.90. The van der Waals surface area contributed by atoms with Crippen LogP contribution >= 0.6 is 22.6 Å². The van der Waals surface area contributed by atoms with Gasteiger partial charge in [-0.05, 0) is 24.1 Å². The van der Waals surface area contributed by atoms with Gasteiger partial charge in [0.25, 0.3) is 0 Å². The standard InChI is InChI=1S/C13H19IO2/c1-3-4-8-16-13(10-14)11-6-5-7-12(9-11)15-2/h5-7,9,13H,3-4,8,10H2,1-2H3. The predicted molar refractivity (Wildman–Crippen MR) is 75.5 cm³/mol. The smallest absolute Gasteiger partial charge is 0.119 e. The van der Waals surface area contributed by atoms with Crippen LogP contribution in [0.1, 0.15) is 31.4 Å². The minimum absolute atomic E-state index is 0.183. The first kappa shape index (κ1) is 13.8. The van der Waals surface area contributed by atoms with Gasteiger partial charge in [0.15, 0.2) is 0 Å². The molecule has 90 valence electrons. The molecule has 2 nitrogen and oxygen atoms in total. The van der Waals surface area contributed by atoms with Crippen molar-refractivity contribution in [3.8, 4) is 5.75 Å². The second-order valence-electron chi connectivity index (χ2n) is 3.64. The molecule has 1 rings (SSSR count). The summed E-state index contributed by atoms with van der Waals surface area (Å²) < 4.78 is 12.0. The molecule has 0 radical (unpaired) electrons. The third-order valence-corrected chi connectivity index (χ3v) is 3.22. The Hall–Kier alpha value is -0.290. The molecule has 0 amide bonds. The molecule has 1 unspecified atom stereocenters. The molecular formula is C13H19IO2. The highest BCUT2D eigenvalue weighted by molar-refractivity contribution is 14.1. The van der Waals surface area contributed by atoms with Gasteiger partial charge in [-0.15, -0.1) is 0 Å². The van der Waals surface area contributed by atoms with Crippen molar-refractivity contribution < 1.29 is 9.47 Å². The molecule has 0 aromatic heterocycles. The molecule has 0 bridgehead atoms. The number of benzene rings is 1. The lowest BCUT2D eigenvalue weighted by molar-refractivity contribution is 0.0687. The van der Waals surface area contributed by atoms with Gasteiger partial charge in [0.05, 0.1) is 13.2 Å². The van der Waals surface area contributed by atoms with Crippen LogP contribution in [0.15, 0.2) is 24.3 Å². The Morgan fingerprint density at radius 3 is 2.81 bits per heavy atom. The van der Waals surface area contributed by atoms with Gasteiger partial charge in [-0.1, -0.05) is 48.1 Å². The highest BCUT2D eigenvalue weighted by Gasteiger charge is 2.10. The summed E-state index contributed by atoms with van der Waals surface area (Å²) in [6.07, 6.45) is 2.48. The van der Waals surface area contributed by atoms with E-state index in [0.717, 1.165) is 23.2 Å². The molecule has 0 aliphatic carbocycles. The Kier molecular flexibility index (Phi) is 6.80. The van der Waals surface area contributed by atoms with Crippen molar-refractivity contribution in [2.45, 2.75) is 25.9 Å². The number of hydrogen-bond donors (Lipinski definition) is 0. The van der Waals surface area contributed by atoms with Crippen molar-refractivity contribution >= 4 is 22.6 Å². The summed E-state index contributed by atoms with van der Waals surface area (Å²) >= 11 is 2.36. The maximum Gasteiger partial charge on any atom is 0.119 e. The first-order valence-electron chi connectivity index (χ1n) is 5.63. The lowest BCUT2D eigenvalue weighted by atomic mass is 10.1. The van der Waals surface area contributed by atoms with Crippen LogP contribution in [0.25, 0.3) is 0 Å². The minimum Gasteiger partial charge on any atom is -0.497 e. The fourth-order valence-corrected chi connectivity index (χ4v) is 2.20. The number of rotatable bonds is 7. The molecule has 0 spiro atoms. The number of ether oxygens (including phenoxy) is 2. The molecule has 16 heavy (non-hydrogen) atoms. The average molecular weight is 334 g/mol. The van der Waals surface area contributed by atoms with E-state index in [1.807, 2.05) is 12.1 Å². The molecule has 0 N–H and O–H groups in total. The molecule has 1 aromatic rings. The fourth-order valence-electron chi connectivity index (χ4n) is 1.44. The van der Waals surface area contributed by atoms with Crippen LogP contribution in [0.4, 0.5) is 0 Å². The van der Waals surface area contributed by atoms with Crippen molar-refractivity contribution in [3.05, 3.63) is 29.8 Å². The highest BCUT2D eigenvalue weighted by atomic mass is 127. The van der Waals surface area contributed by atoms with Crippen LogP contribution < -0.4 is 4.74 Å². The monoisotopic (exact) mass is 334 g/mol. The third kappa shape index (κ3) is 4.29. The Labute approximate surface area is 111 Å². The van der Waals surface area contributed by atoms with Crippen LogP contribution in [0, 0.1) is 0 Å². The largest absolute Gasteiger partial charge is 0.497 e. The minimum atomic E-state index is 0.183. The Morgan fingerprint density at radius 2 is 2.19 bits per heavy atom. The van der Waals surface area contributed by atoms with Crippen LogP contribution in [-0.4, -0.2) is 18.1 Å². The maximum atomic E-state index is 5.85. The number of unbranched alkanes of at least 4 members (excludes halogenated alkanes) is 1. The van der Waals surface area contributed by atoms with E-state index in [-0.39, 0.29) is 6.10 Å². The normalized spacial score (nSPS) is 12.4. The van der Waals surface area contributed by atoms with E-state index in [1.54, 1.807) is 7.11 Å². The lowest BCUT2D eigenvalue weighted by Crippen LogP contribution is -2.07. The maximum absolute atomic E-state index is 5.85. The molecule has 3 heteroatoms. The lowest BCUT2D eigenvalue weighted by Gasteiger charge is -2.16. The molecule has 1 aromatic carbocycles. The van der Waals surface area contributed by atoms with E-state index in [2.05, 4.69) is 41.6 Å². The predicted octanol–water partition coefficient (Wildman–Crippen LogP) is 3.99. The summed E-state index contributed by atoms with van der Waals surface area (Å²) in [6, 6.07) is 8.11. The molecule has 0 aliphatic heterocycles. The summed E-state index contributed by atoms with van der Waals surface area (Å²) in [4.78, 5) is 0. The first-order valence-corrected chi connectivity index (χ1v) is 7.15. The van der Waals surface area contributed by atoms with Crippen LogP contribution in [-0.2, 0) is 4.74 Å². The van der Waals surface area contributed by atoms with Gasteiger partial charge < -0.3 is 9.47 Å². The van der Waals surface area contributed by atoms with Crippen LogP contribution in [0.2, 0.25) is 0 Å². The summed E-state index contributed by atoms with van der Waals surface area (Å²) in [5.74, 6) is 0.895. The molecule has 0 saturated heterocycles. The number of hydrogen-bond acceptors (Lipinski definition) is 2. The van der Waals surface area contributed by atoms with Crippen molar-refractivity contribution in [1.82, 2.24) is 0 Å². The van der Waals surface area contributed by atoms with Crippen molar-refractivity contribution in [3.63, 3.8) is 0 Å². The zero-order valence-electron chi connectivity index (χ0n) is 9.91. The number of halogens is 1. The van der Waals surface area contributed by atoms with Gasteiger partial charge in [-0.3, -0.25) is 0 Å². The highest BCUT2D eigenvalue weighted by Crippen LogP contribution is 2.24. The van der Waals surface area contributed by atoms with E-state index >= 15 is 0 Å². The Bertz CT molecular complexity index is 302. The average Bonchev–Trinajstić information content (AvgIpc) is 2.35. The van der Waals surface area contributed by atoms with E-state index in [9.17, 15) is 0 Å². The zero-order chi connectivity index (χ0) is 11.8. The van der Waals surface area contributed by atoms with Crippen molar-refractivity contribution in [2.75, 3.05) is 18.1 Å². The quantitative estimate of drug-likeness (QED) is 0.426. The topological polar surface area (TPSA) is 18.5 Å². The van der Waals surface area contributed by atoms with Crippen molar-refractivity contribution in [2.24, 2.45) is 0 Å². The Balaban J connectivity index is 2.62. The molecule has 0 saturated carbocycles. The number of methoxy groups -OCH3 is 1. The first-order chi connectivity index (χ1) is 7.81. The van der Waals surface area contributed by atoms with Gasteiger partial charge in [0, 0.05) is 11.0 Å². The fraction of sp³-hybridized carbons (Fsp3) is 0.538. The van der Waals surface area contributed by atoms with E-state index < -0.39 is 0 Å². The van der Waals surface area contributed by atoms with E-state index in [0.29, 0.717) is 0 Å². The van der Waals surface area contributed by atoms with Gasteiger partial charge in [-0.25, -0.2) is 0 Å². The molecule has 0 heterocycles. The summed E-state index contributed by atoms with van der Waals surface area (Å²) in [6.45, 7) is 3.01. The molecular weight excluding hydrogens is 315 g/mol.